The van der Waals surface area contributed by atoms with E-state index in [9.17, 15) is 0 Å². The standard InChI is InChI=1S/C22H23ClN4O3/c1-13(14-7-9-24-10-8-14)30-17-4-2-3-16-19(17)22(26-11-25-16)27-20-15(23)5-6-18-21(20)29-12-28-18/h2-6,11,13-14,24H,7-10,12H2,1H3,(H,25,26,27). The summed E-state index contributed by atoms with van der Waals surface area (Å²) in [4.78, 5) is 8.91. The molecule has 0 bridgehead atoms. The van der Waals surface area contributed by atoms with Crippen LogP contribution < -0.4 is 24.8 Å². The molecule has 3 aromatic rings. The van der Waals surface area contributed by atoms with E-state index >= 15 is 0 Å². The Morgan fingerprint density at radius 2 is 2.03 bits per heavy atom. The normalized spacial score (nSPS) is 17.1. The average molecular weight is 427 g/mol. The molecular weight excluding hydrogens is 404 g/mol. The Hall–Kier alpha value is -2.77. The molecule has 2 N–H and O–H groups in total. The van der Waals surface area contributed by atoms with Gasteiger partial charge in [-0.25, -0.2) is 9.97 Å². The van der Waals surface area contributed by atoms with Gasteiger partial charge in [0.2, 0.25) is 6.79 Å². The van der Waals surface area contributed by atoms with Crippen molar-refractivity contribution < 1.29 is 14.2 Å². The lowest BCUT2D eigenvalue weighted by atomic mass is 9.93. The maximum absolute atomic E-state index is 6.46. The number of benzene rings is 2. The van der Waals surface area contributed by atoms with Crippen LogP contribution in [0.25, 0.3) is 10.9 Å². The smallest absolute Gasteiger partial charge is 0.231 e. The molecule has 1 atom stereocenters. The van der Waals surface area contributed by atoms with Crippen LogP contribution in [0.1, 0.15) is 19.8 Å². The lowest BCUT2D eigenvalue weighted by Gasteiger charge is -2.29. The predicted octanol–water partition coefficient (Wildman–Crippen LogP) is 4.52. The van der Waals surface area contributed by atoms with Crippen molar-refractivity contribution in [2.45, 2.75) is 25.9 Å². The third kappa shape index (κ3) is 3.59. The first-order valence-corrected chi connectivity index (χ1v) is 10.5. The van der Waals surface area contributed by atoms with Crippen molar-refractivity contribution in [2.24, 2.45) is 5.92 Å². The van der Waals surface area contributed by atoms with Crippen LogP contribution >= 0.6 is 11.6 Å². The van der Waals surface area contributed by atoms with Gasteiger partial charge in [-0.2, -0.15) is 0 Å². The van der Waals surface area contributed by atoms with E-state index in [0.29, 0.717) is 33.9 Å². The highest BCUT2D eigenvalue weighted by Crippen LogP contribution is 2.45. The van der Waals surface area contributed by atoms with Crippen LogP contribution in [0.4, 0.5) is 11.5 Å². The summed E-state index contributed by atoms with van der Waals surface area (Å²) >= 11 is 6.46. The van der Waals surface area contributed by atoms with Gasteiger partial charge >= 0.3 is 0 Å². The number of fused-ring (bicyclic) bond motifs is 2. The van der Waals surface area contributed by atoms with Crippen LogP contribution in [0.2, 0.25) is 5.02 Å². The molecule has 2 aromatic carbocycles. The number of nitrogens with zero attached hydrogens (tertiary/aromatic N) is 2. The molecule has 1 saturated heterocycles. The molecule has 0 spiro atoms. The van der Waals surface area contributed by atoms with Gasteiger partial charge in [0.05, 0.1) is 22.0 Å². The van der Waals surface area contributed by atoms with Crippen molar-refractivity contribution in [3.05, 3.63) is 41.7 Å². The van der Waals surface area contributed by atoms with Gasteiger partial charge in [-0.1, -0.05) is 17.7 Å². The molecule has 0 saturated carbocycles. The van der Waals surface area contributed by atoms with Crippen molar-refractivity contribution in [3.8, 4) is 17.2 Å². The number of aromatic nitrogens is 2. The molecule has 0 amide bonds. The minimum Gasteiger partial charge on any atom is -0.490 e. The number of halogens is 1. The first-order valence-electron chi connectivity index (χ1n) is 10.2. The fraction of sp³-hybridized carbons (Fsp3) is 0.364. The van der Waals surface area contributed by atoms with E-state index in [4.69, 9.17) is 25.8 Å². The summed E-state index contributed by atoms with van der Waals surface area (Å²) in [5, 5.41) is 8.07. The van der Waals surface area contributed by atoms with Crippen molar-refractivity contribution >= 4 is 34.0 Å². The molecule has 1 unspecified atom stereocenters. The van der Waals surface area contributed by atoms with Gasteiger partial charge < -0.3 is 24.8 Å². The van der Waals surface area contributed by atoms with Gasteiger partial charge in [-0.3, -0.25) is 0 Å². The molecule has 30 heavy (non-hydrogen) atoms. The molecule has 0 aliphatic carbocycles. The SMILES string of the molecule is CC(Oc1cccc2ncnc(Nc3c(Cl)ccc4c3OCO4)c12)C1CCNCC1. The molecule has 156 valence electrons. The second-order valence-electron chi connectivity index (χ2n) is 7.56. The average Bonchev–Trinajstić information content (AvgIpc) is 3.25. The molecule has 2 aliphatic rings. The van der Waals surface area contributed by atoms with Crippen LogP contribution in [0.3, 0.4) is 0 Å². The van der Waals surface area contributed by atoms with Gasteiger partial charge in [0.15, 0.2) is 11.5 Å². The minimum atomic E-state index is 0.0899. The fourth-order valence-electron chi connectivity index (χ4n) is 4.06. The van der Waals surface area contributed by atoms with Crippen molar-refractivity contribution in [1.29, 1.82) is 0 Å². The van der Waals surface area contributed by atoms with Crippen molar-refractivity contribution in [3.63, 3.8) is 0 Å². The summed E-state index contributed by atoms with van der Waals surface area (Å²) in [7, 11) is 0. The van der Waals surface area contributed by atoms with Crippen LogP contribution in [0, 0.1) is 5.92 Å². The van der Waals surface area contributed by atoms with Gasteiger partial charge in [-0.15, -0.1) is 0 Å². The number of piperidine rings is 1. The third-order valence-electron chi connectivity index (χ3n) is 5.72. The summed E-state index contributed by atoms with van der Waals surface area (Å²) in [5.74, 6) is 3.10. The van der Waals surface area contributed by atoms with Crippen molar-refractivity contribution in [2.75, 3.05) is 25.2 Å². The van der Waals surface area contributed by atoms with E-state index in [0.717, 1.165) is 42.6 Å². The Kier molecular flexibility index (Phi) is 5.23. The zero-order valence-corrected chi connectivity index (χ0v) is 17.4. The summed E-state index contributed by atoms with van der Waals surface area (Å²) < 4.78 is 17.5. The number of anilines is 2. The molecular formula is C22H23ClN4O3. The van der Waals surface area contributed by atoms with E-state index in [1.807, 2.05) is 18.2 Å². The van der Waals surface area contributed by atoms with E-state index < -0.39 is 0 Å². The van der Waals surface area contributed by atoms with Crippen LogP contribution in [0.5, 0.6) is 17.2 Å². The van der Waals surface area contributed by atoms with Crippen LogP contribution in [-0.4, -0.2) is 36.0 Å². The Morgan fingerprint density at radius 1 is 1.17 bits per heavy atom. The Morgan fingerprint density at radius 3 is 2.90 bits per heavy atom. The molecule has 7 nitrogen and oxygen atoms in total. The second kappa shape index (κ2) is 8.16. The van der Waals surface area contributed by atoms with Gasteiger partial charge in [0, 0.05) is 0 Å². The van der Waals surface area contributed by atoms with Gasteiger partial charge in [0.25, 0.3) is 0 Å². The van der Waals surface area contributed by atoms with Crippen LogP contribution in [0.15, 0.2) is 36.7 Å². The Bertz CT molecular complexity index is 1070. The topological polar surface area (TPSA) is 77.5 Å². The number of rotatable bonds is 5. The third-order valence-corrected chi connectivity index (χ3v) is 6.03. The molecule has 5 rings (SSSR count). The summed E-state index contributed by atoms with van der Waals surface area (Å²) in [6.07, 6.45) is 3.83. The molecule has 2 aliphatic heterocycles. The molecule has 1 fully saturated rings. The molecule has 3 heterocycles. The number of hydrogen-bond acceptors (Lipinski definition) is 7. The van der Waals surface area contributed by atoms with E-state index in [-0.39, 0.29) is 12.9 Å². The number of hydrogen-bond donors (Lipinski definition) is 2. The monoisotopic (exact) mass is 426 g/mol. The highest BCUT2D eigenvalue weighted by molar-refractivity contribution is 6.34. The van der Waals surface area contributed by atoms with Crippen molar-refractivity contribution in [1.82, 2.24) is 15.3 Å². The molecule has 0 radical (unpaired) electrons. The first-order chi connectivity index (χ1) is 14.7. The largest absolute Gasteiger partial charge is 0.490 e. The lowest BCUT2D eigenvalue weighted by Crippen LogP contribution is -2.35. The molecule has 8 heteroatoms. The van der Waals surface area contributed by atoms with Gasteiger partial charge in [-0.05, 0) is 63.0 Å². The lowest BCUT2D eigenvalue weighted by molar-refractivity contribution is 0.130. The number of nitrogens with one attached hydrogen (secondary N) is 2. The Labute approximate surface area is 179 Å². The maximum Gasteiger partial charge on any atom is 0.231 e. The number of ether oxygens (including phenoxy) is 3. The van der Waals surface area contributed by atoms with E-state index in [1.165, 1.54) is 6.33 Å². The zero-order chi connectivity index (χ0) is 20.5. The second-order valence-corrected chi connectivity index (χ2v) is 7.97. The van der Waals surface area contributed by atoms with E-state index in [2.05, 4.69) is 27.5 Å². The summed E-state index contributed by atoms with van der Waals surface area (Å²) in [6.45, 7) is 4.36. The quantitative estimate of drug-likeness (QED) is 0.620. The maximum atomic E-state index is 6.46. The molecule has 1 aromatic heterocycles. The van der Waals surface area contributed by atoms with E-state index in [1.54, 1.807) is 12.1 Å². The zero-order valence-electron chi connectivity index (χ0n) is 16.7. The van der Waals surface area contributed by atoms with Gasteiger partial charge in [0.1, 0.15) is 23.6 Å². The first kappa shape index (κ1) is 19.2. The summed E-state index contributed by atoms with van der Waals surface area (Å²) in [6, 6.07) is 9.43. The highest BCUT2D eigenvalue weighted by atomic mass is 35.5. The predicted molar refractivity (Wildman–Crippen MR) is 116 cm³/mol. The Balaban J connectivity index is 1.51. The fourth-order valence-corrected chi connectivity index (χ4v) is 4.26. The summed E-state index contributed by atoms with van der Waals surface area (Å²) in [5.41, 5.74) is 1.41. The highest BCUT2D eigenvalue weighted by Gasteiger charge is 2.24. The van der Waals surface area contributed by atoms with Crippen LogP contribution in [-0.2, 0) is 0 Å². The minimum absolute atomic E-state index is 0.0899.